The Balaban J connectivity index is 1.40. The first-order valence-corrected chi connectivity index (χ1v) is 11.2. The zero-order valence-corrected chi connectivity index (χ0v) is 15.7. The minimum absolute atomic E-state index is 1.03. The highest BCUT2D eigenvalue weighted by molar-refractivity contribution is 5.15. The van der Waals surface area contributed by atoms with Crippen LogP contribution in [0.25, 0.3) is 0 Å². The molecule has 5 rings (SSSR count). The van der Waals surface area contributed by atoms with Gasteiger partial charge in [0.25, 0.3) is 0 Å². The Hall–Kier alpha value is 0. The van der Waals surface area contributed by atoms with E-state index in [0.717, 1.165) is 53.3 Å². The van der Waals surface area contributed by atoms with Gasteiger partial charge in [0.15, 0.2) is 0 Å². The second-order valence-corrected chi connectivity index (χ2v) is 10.5. The average molecular weight is 315 g/mol. The Morgan fingerprint density at radius 2 is 1.48 bits per heavy atom. The normalized spacial score (nSPS) is 58.6. The molecule has 5 aliphatic rings. The van der Waals surface area contributed by atoms with E-state index in [-0.39, 0.29) is 0 Å². The Morgan fingerprint density at radius 1 is 0.696 bits per heavy atom. The molecule has 0 nitrogen and oxygen atoms in total. The molecule has 10 atom stereocenters. The van der Waals surface area contributed by atoms with Gasteiger partial charge in [0.1, 0.15) is 0 Å². The number of rotatable bonds is 2. The van der Waals surface area contributed by atoms with E-state index in [1.807, 2.05) is 0 Å². The Bertz CT molecular complexity index is 447. The van der Waals surface area contributed by atoms with Crippen LogP contribution in [0.1, 0.15) is 78.6 Å². The molecule has 5 fully saturated rings. The highest BCUT2D eigenvalue weighted by Crippen LogP contribution is 2.72. The van der Waals surface area contributed by atoms with Crippen LogP contribution in [0.4, 0.5) is 0 Å². The molecule has 0 heterocycles. The fraction of sp³-hybridized carbons (Fsp3) is 1.00. The smallest absolute Gasteiger partial charge is 0.0316 e. The van der Waals surface area contributed by atoms with Crippen molar-refractivity contribution in [3.05, 3.63) is 0 Å². The van der Waals surface area contributed by atoms with Gasteiger partial charge in [-0.3, -0.25) is 0 Å². The van der Waals surface area contributed by atoms with Gasteiger partial charge < -0.3 is 0 Å². The van der Waals surface area contributed by atoms with Crippen LogP contribution in [0.3, 0.4) is 0 Å². The molecule has 9 unspecified atom stereocenters. The van der Waals surface area contributed by atoms with Gasteiger partial charge in [-0.05, 0) is 90.8 Å². The summed E-state index contributed by atoms with van der Waals surface area (Å²) in [6.45, 7) is 7.72. The van der Waals surface area contributed by atoms with E-state index in [2.05, 4.69) is 20.8 Å². The standard InChI is InChI=1S/C23H38/c1-4-17-14(3)21-20-12-19(15-7-5-6-8-15)13(2)11-16-9-10-18(16)22(20)23(17)21/h13-23H,4-12H2,1-3H3/t13?,14-,16?,17?,18?,19?,20?,21?,22?,23?/m1/s1. The zero-order valence-electron chi connectivity index (χ0n) is 15.7. The van der Waals surface area contributed by atoms with Crippen molar-refractivity contribution in [1.82, 2.24) is 0 Å². The third-order valence-corrected chi connectivity index (χ3v) is 10.1. The van der Waals surface area contributed by atoms with Gasteiger partial charge in [-0.2, -0.15) is 0 Å². The summed E-state index contributed by atoms with van der Waals surface area (Å²) in [4.78, 5) is 0. The summed E-state index contributed by atoms with van der Waals surface area (Å²) < 4.78 is 0. The molecule has 0 radical (unpaired) electrons. The van der Waals surface area contributed by atoms with E-state index in [1.165, 1.54) is 31.1 Å². The molecular weight excluding hydrogens is 276 g/mol. The molecule has 0 amide bonds. The predicted octanol–water partition coefficient (Wildman–Crippen LogP) is 6.40. The lowest BCUT2D eigenvalue weighted by molar-refractivity contribution is -0.249. The van der Waals surface area contributed by atoms with Crippen molar-refractivity contribution >= 4 is 0 Å². The molecule has 5 aliphatic carbocycles. The van der Waals surface area contributed by atoms with Gasteiger partial charge >= 0.3 is 0 Å². The van der Waals surface area contributed by atoms with Crippen molar-refractivity contribution in [2.45, 2.75) is 78.6 Å². The Kier molecular flexibility index (Phi) is 3.65. The first-order chi connectivity index (χ1) is 11.2. The van der Waals surface area contributed by atoms with Gasteiger partial charge in [0.2, 0.25) is 0 Å². The van der Waals surface area contributed by atoms with E-state index in [9.17, 15) is 0 Å². The molecule has 0 aromatic carbocycles. The zero-order chi connectivity index (χ0) is 15.7. The second kappa shape index (κ2) is 5.50. The van der Waals surface area contributed by atoms with Crippen LogP contribution in [-0.4, -0.2) is 0 Å². The van der Waals surface area contributed by atoms with Crippen LogP contribution in [0.5, 0.6) is 0 Å². The summed E-state index contributed by atoms with van der Waals surface area (Å²) in [5.74, 6) is 12.3. The maximum atomic E-state index is 2.65. The van der Waals surface area contributed by atoms with Gasteiger partial charge in [-0.15, -0.1) is 0 Å². The quantitative estimate of drug-likeness (QED) is 0.553. The molecule has 130 valence electrons. The number of fused-ring (bicyclic) bond motifs is 6. The summed E-state index contributed by atoms with van der Waals surface area (Å²) >= 11 is 0. The molecule has 5 saturated carbocycles. The van der Waals surface area contributed by atoms with Crippen LogP contribution in [0, 0.1) is 65.1 Å². The summed E-state index contributed by atoms with van der Waals surface area (Å²) in [7, 11) is 0. The lowest BCUT2D eigenvalue weighted by Crippen LogP contribution is -2.67. The molecule has 0 aromatic rings. The van der Waals surface area contributed by atoms with Crippen LogP contribution in [-0.2, 0) is 0 Å². The van der Waals surface area contributed by atoms with Gasteiger partial charge in [-0.1, -0.05) is 52.9 Å². The average Bonchev–Trinajstić information content (AvgIpc) is 3.03. The van der Waals surface area contributed by atoms with E-state index < -0.39 is 0 Å². The lowest BCUT2D eigenvalue weighted by Gasteiger charge is -2.73. The van der Waals surface area contributed by atoms with Gasteiger partial charge in [0, 0.05) is 0 Å². The van der Waals surface area contributed by atoms with Crippen molar-refractivity contribution in [3.63, 3.8) is 0 Å². The van der Waals surface area contributed by atoms with E-state index in [0.29, 0.717) is 0 Å². The van der Waals surface area contributed by atoms with Gasteiger partial charge in [-0.25, -0.2) is 0 Å². The van der Waals surface area contributed by atoms with Crippen molar-refractivity contribution in [2.24, 2.45) is 65.1 Å². The second-order valence-electron chi connectivity index (χ2n) is 10.5. The third-order valence-electron chi connectivity index (χ3n) is 10.1. The Labute approximate surface area is 144 Å². The van der Waals surface area contributed by atoms with E-state index in [1.54, 1.807) is 38.5 Å². The number of hydrogen-bond donors (Lipinski definition) is 0. The molecule has 0 spiro atoms. The van der Waals surface area contributed by atoms with Crippen LogP contribution in [0.2, 0.25) is 0 Å². The highest BCUT2D eigenvalue weighted by atomic mass is 14.7. The molecule has 23 heavy (non-hydrogen) atoms. The number of hydrogen-bond acceptors (Lipinski definition) is 0. The molecule has 0 saturated heterocycles. The van der Waals surface area contributed by atoms with Crippen LogP contribution < -0.4 is 0 Å². The molecule has 0 N–H and O–H groups in total. The van der Waals surface area contributed by atoms with Crippen molar-refractivity contribution in [2.75, 3.05) is 0 Å². The van der Waals surface area contributed by atoms with E-state index >= 15 is 0 Å². The predicted molar refractivity (Wildman–Crippen MR) is 97.0 cm³/mol. The summed E-state index contributed by atoms with van der Waals surface area (Å²) in [5, 5.41) is 0. The van der Waals surface area contributed by atoms with Crippen molar-refractivity contribution < 1.29 is 0 Å². The summed E-state index contributed by atoms with van der Waals surface area (Å²) in [6, 6.07) is 0. The Morgan fingerprint density at radius 3 is 2.13 bits per heavy atom. The fourth-order valence-corrected chi connectivity index (χ4v) is 8.94. The van der Waals surface area contributed by atoms with Crippen molar-refractivity contribution in [1.29, 1.82) is 0 Å². The monoisotopic (exact) mass is 314 g/mol. The maximum absolute atomic E-state index is 2.65. The topological polar surface area (TPSA) is 0 Å². The minimum Gasteiger partial charge on any atom is -0.0651 e. The minimum atomic E-state index is 1.03. The molecule has 0 aromatic heterocycles. The third kappa shape index (κ3) is 2.02. The first-order valence-electron chi connectivity index (χ1n) is 11.2. The SMILES string of the molecule is CCC1C2C3C4CCC4CC(C)C(C4CCCC4)CC3C2[C@@H]1C. The lowest BCUT2D eigenvalue weighted by atomic mass is 9.32. The molecule has 0 heteroatoms. The van der Waals surface area contributed by atoms with Crippen molar-refractivity contribution in [3.8, 4) is 0 Å². The maximum Gasteiger partial charge on any atom is -0.0316 e. The molecule has 0 aliphatic heterocycles. The van der Waals surface area contributed by atoms with E-state index in [4.69, 9.17) is 0 Å². The first kappa shape index (κ1) is 15.3. The summed E-state index contributed by atoms with van der Waals surface area (Å²) in [6.07, 6.45) is 14.1. The molecular formula is C23H38. The van der Waals surface area contributed by atoms with Gasteiger partial charge in [0.05, 0.1) is 0 Å². The van der Waals surface area contributed by atoms with Crippen LogP contribution >= 0.6 is 0 Å². The largest absolute Gasteiger partial charge is 0.0651 e. The highest BCUT2D eigenvalue weighted by Gasteiger charge is 2.67. The van der Waals surface area contributed by atoms with Crippen LogP contribution in [0.15, 0.2) is 0 Å². The molecule has 0 bridgehead atoms. The fourth-order valence-electron chi connectivity index (χ4n) is 8.94. The summed E-state index contributed by atoms with van der Waals surface area (Å²) in [5.41, 5.74) is 0.